The van der Waals surface area contributed by atoms with E-state index in [0.29, 0.717) is 17.8 Å². The lowest BCUT2D eigenvalue weighted by atomic mass is 10.1. The van der Waals surface area contributed by atoms with E-state index in [2.05, 4.69) is 0 Å². The van der Waals surface area contributed by atoms with Gasteiger partial charge in [-0.2, -0.15) is 0 Å². The number of hydrogen-bond acceptors (Lipinski definition) is 3. The van der Waals surface area contributed by atoms with Gasteiger partial charge in [-0.25, -0.2) is 8.42 Å². The Morgan fingerprint density at radius 2 is 2.00 bits per heavy atom. The molecular weight excluding hydrogens is 238 g/mol. The molecule has 0 radical (unpaired) electrons. The zero-order valence-electron chi connectivity index (χ0n) is 9.72. The van der Waals surface area contributed by atoms with E-state index >= 15 is 0 Å². The highest BCUT2D eigenvalue weighted by atomic mass is 32.2. The van der Waals surface area contributed by atoms with Gasteiger partial charge in [-0.15, -0.1) is 0 Å². The van der Waals surface area contributed by atoms with E-state index in [0.717, 1.165) is 12.8 Å². The van der Waals surface area contributed by atoms with Gasteiger partial charge in [-0.1, -0.05) is 25.5 Å². The summed E-state index contributed by atoms with van der Waals surface area (Å²) in [6, 6.07) is 6.89. The molecule has 2 rings (SSSR count). The van der Waals surface area contributed by atoms with Crippen LogP contribution >= 0.6 is 0 Å². The van der Waals surface area contributed by atoms with Crippen molar-refractivity contribution in [3.63, 3.8) is 0 Å². The number of rotatable bonds is 3. The summed E-state index contributed by atoms with van der Waals surface area (Å²) in [7, 11) is -3.47. The fourth-order valence-electron chi connectivity index (χ4n) is 1.96. The number of fused-ring (bicyclic) bond motifs is 1. The first-order valence-corrected chi connectivity index (χ1v) is 7.30. The maximum absolute atomic E-state index is 12.0. The van der Waals surface area contributed by atoms with Crippen LogP contribution in [0.1, 0.15) is 30.1 Å². The van der Waals surface area contributed by atoms with E-state index in [4.69, 9.17) is 0 Å². The van der Waals surface area contributed by atoms with Crippen LogP contribution in [-0.4, -0.2) is 26.5 Å². The average Bonchev–Trinajstić information content (AvgIpc) is 2.28. The minimum atomic E-state index is -3.47. The first-order valence-electron chi connectivity index (χ1n) is 5.69. The van der Waals surface area contributed by atoms with Crippen LogP contribution < -0.4 is 4.31 Å². The normalized spacial score (nSPS) is 17.9. The highest BCUT2D eigenvalue weighted by Gasteiger charge is 2.33. The summed E-state index contributed by atoms with van der Waals surface area (Å²) in [5.41, 5.74) is 1.04. The van der Waals surface area contributed by atoms with Gasteiger partial charge in [0.05, 0.1) is 5.69 Å². The molecule has 1 aromatic rings. The molecule has 1 aliphatic heterocycles. The first kappa shape index (κ1) is 12.1. The Morgan fingerprint density at radius 3 is 2.71 bits per heavy atom. The van der Waals surface area contributed by atoms with Crippen LogP contribution in [-0.2, 0) is 10.0 Å². The molecule has 1 heterocycles. The molecule has 0 amide bonds. The Kier molecular flexibility index (Phi) is 3.19. The number of anilines is 1. The second-order valence-electron chi connectivity index (χ2n) is 4.12. The van der Waals surface area contributed by atoms with E-state index in [1.807, 2.05) is 6.92 Å². The molecular formula is C12H15NO3S. The van der Waals surface area contributed by atoms with Crippen LogP contribution in [0.25, 0.3) is 0 Å². The fourth-order valence-corrected chi connectivity index (χ4v) is 3.47. The number of carbonyl (C=O) groups is 1. The summed E-state index contributed by atoms with van der Waals surface area (Å²) < 4.78 is 25.3. The van der Waals surface area contributed by atoms with Gasteiger partial charge < -0.3 is 0 Å². The third-order valence-corrected chi connectivity index (χ3v) is 4.52. The zero-order chi connectivity index (χ0) is 12.5. The molecule has 0 saturated heterocycles. The maximum Gasteiger partial charge on any atom is 0.242 e. The molecule has 0 aromatic heterocycles. The largest absolute Gasteiger partial charge is 0.293 e. The molecule has 1 aliphatic rings. The predicted octanol–water partition coefficient (Wildman–Crippen LogP) is 1.82. The Hall–Kier alpha value is -1.36. The number of carbonyl (C=O) groups excluding carboxylic acids is 1. The molecule has 4 nitrogen and oxygen atoms in total. The van der Waals surface area contributed by atoms with Crippen LogP contribution in [0.15, 0.2) is 24.3 Å². The van der Waals surface area contributed by atoms with Gasteiger partial charge in [0.25, 0.3) is 0 Å². The molecule has 0 aliphatic carbocycles. The van der Waals surface area contributed by atoms with Crippen molar-refractivity contribution in [2.45, 2.75) is 19.8 Å². The molecule has 0 unspecified atom stereocenters. The Balaban J connectivity index is 2.48. The second-order valence-corrected chi connectivity index (χ2v) is 6.02. The molecule has 92 valence electrons. The van der Waals surface area contributed by atoms with E-state index in [1.54, 1.807) is 24.3 Å². The summed E-state index contributed by atoms with van der Waals surface area (Å²) in [6.45, 7) is 2.46. The fraction of sp³-hybridized carbons (Fsp3) is 0.417. The topological polar surface area (TPSA) is 54.5 Å². The van der Waals surface area contributed by atoms with E-state index in [9.17, 15) is 13.2 Å². The highest BCUT2D eigenvalue weighted by Crippen LogP contribution is 2.29. The molecule has 0 saturated carbocycles. The molecule has 5 heteroatoms. The molecule has 1 aromatic carbocycles. The Morgan fingerprint density at radius 1 is 1.29 bits per heavy atom. The number of hydrogen-bond donors (Lipinski definition) is 0. The van der Waals surface area contributed by atoms with Gasteiger partial charge in [0, 0.05) is 12.1 Å². The van der Waals surface area contributed by atoms with Gasteiger partial charge in [-0.05, 0) is 18.6 Å². The maximum atomic E-state index is 12.0. The molecule has 0 bridgehead atoms. The van der Waals surface area contributed by atoms with Crippen molar-refractivity contribution in [2.24, 2.45) is 0 Å². The quantitative estimate of drug-likeness (QED) is 0.825. The number of Topliss-reactive ketones (excluding diaryl/α,β-unsaturated/α-hetero) is 1. The average molecular weight is 253 g/mol. The minimum Gasteiger partial charge on any atom is -0.293 e. The van der Waals surface area contributed by atoms with Crippen molar-refractivity contribution >= 4 is 21.5 Å². The third kappa shape index (κ3) is 2.20. The van der Waals surface area contributed by atoms with Crippen LogP contribution in [0.5, 0.6) is 0 Å². The van der Waals surface area contributed by atoms with Gasteiger partial charge >= 0.3 is 0 Å². The molecule has 0 spiro atoms. The molecule has 17 heavy (non-hydrogen) atoms. The summed E-state index contributed by atoms with van der Waals surface area (Å²) >= 11 is 0. The Bertz CT molecular complexity index is 536. The van der Waals surface area contributed by atoms with E-state index < -0.39 is 15.8 Å². The summed E-state index contributed by atoms with van der Waals surface area (Å²) in [5.74, 6) is -0.721. The lowest BCUT2D eigenvalue weighted by molar-refractivity contribution is 0.102. The van der Waals surface area contributed by atoms with Crippen molar-refractivity contribution in [2.75, 3.05) is 16.6 Å². The lowest BCUT2D eigenvalue weighted by Gasteiger charge is -2.29. The van der Waals surface area contributed by atoms with Crippen molar-refractivity contribution in [3.05, 3.63) is 29.8 Å². The molecule has 0 atom stereocenters. The SMILES string of the molecule is CCCCN1c2ccccc2C(=O)CS1(=O)=O. The molecule has 0 N–H and O–H groups in total. The van der Waals surface area contributed by atoms with Gasteiger partial charge in [-0.3, -0.25) is 9.10 Å². The molecule has 0 fully saturated rings. The second kappa shape index (κ2) is 4.49. The number of para-hydroxylation sites is 1. The number of nitrogens with zero attached hydrogens (tertiary/aromatic N) is 1. The van der Waals surface area contributed by atoms with Crippen LogP contribution in [0.4, 0.5) is 5.69 Å². The zero-order valence-corrected chi connectivity index (χ0v) is 10.5. The lowest BCUT2D eigenvalue weighted by Crippen LogP contribution is -2.41. The standard InChI is InChI=1S/C12H15NO3S/c1-2-3-8-13-11-7-5-4-6-10(11)12(14)9-17(13,15)16/h4-7H,2-3,8-9H2,1H3. The smallest absolute Gasteiger partial charge is 0.242 e. The number of sulfonamides is 1. The number of unbranched alkanes of at least 4 members (excludes halogenated alkanes) is 1. The van der Waals surface area contributed by atoms with Crippen molar-refractivity contribution in [3.8, 4) is 0 Å². The highest BCUT2D eigenvalue weighted by molar-refractivity contribution is 7.93. The third-order valence-electron chi connectivity index (χ3n) is 2.84. The van der Waals surface area contributed by atoms with Crippen LogP contribution in [0.2, 0.25) is 0 Å². The predicted molar refractivity (Wildman–Crippen MR) is 66.8 cm³/mol. The van der Waals surface area contributed by atoms with E-state index in [1.165, 1.54) is 4.31 Å². The summed E-state index contributed by atoms with van der Waals surface area (Å²) in [5, 5.41) is 0. The minimum absolute atomic E-state index is 0.312. The number of benzene rings is 1. The van der Waals surface area contributed by atoms with Crippen molar-refractivity contribution < 1.29 is 13.2 Å². The van der Waals surface area contributed by atoms with Crippen LogP contribution in [0, 0.1) is 0 Å². The first-order chi connectivity index (χ1) is 8.06. The monoisotopic (exact) mass is 253 g/mol. The van der Waals surface area contributed by atoms with Crippen molar-refractivity contribution in [1.29, 1.82) is 0 Å². The van der Waals surface area contributed by atoms with E-state index in [-0.39, 0.29) is 5.78 Å². The van der Waals surface area contributed by atoms with Gasteiger partial charge in [0.1, 0.15) is 5.75 Å². The van der Waals surface area contributed by atoms with Gasteiger partial charge in [0.15, 0.2) is 5.78 Å². The Labute approximate surface area is 101 Å². The summed E-state index contributed by atoms with van der Waals surface area (Å²) in [4.78, 5) is 11.7. The van der Waals surface area contributed by atoms with Gasteiger partial charge in [0.2, 0.25) is 10.0 Å². The van der Waals surface area contributed by atoms with Crippen molar-refractivity contribution in [1.82, 2.24) is 0 Å². The van der Waals surface area contributed by atoms with Crippen LogP contribution in [0.3, 0.4) is 0 Å². The summed E-state index contributed by atoms with van der Waals surface area (Å²) in [6.07, 6.45) is 1.71. The number of ketones is 1.